The van der Waals surface area contributed by atoms with Crippen LogP contribution < -0.4 is 0 Å². The molecule has 0 aliphatic carbocycles. The van der Waals surface area contributed by atoms with E-state index in [4.69, 9.17) is 0 Å². The predicted molar refractivity (Wildman–Crippen MR) is 95.2 cm³/mol. The Morgan fingerprint density at radius 1 is 0.792 bits per heavy atom. The molecule has 0 aliphatic rings. The van der Waals surface area contributed by atoms with Gasteiger partial charge in [-0.1, -0.05) is 72.8 Å². The van der Waals surface area contributed by atoms with Gasteiger partial charge in [-0.25, -0.2) is 4.98 Å². The van der Waals surface area contributed by atoms with E-state index in [0.717, 1.165) is 16.6 Å². The lowest BCUT2D eigenvalue weighted by atomic mass is 10.1. The summed E-state index contributed by atoms with van der Waals surface area (Å²) in [5, 5.41) is 0. The molecule has 3 nitrogen and oxygen atoms in total. The lowest BCUT2D eigenvalue weighted by Gasteiger charge is -2.09. The largest absolute Gasteiger partial charge is 0.317 e. The van der Waals surface area contributed by atoms with Crippen molar-refractivity contribution in [3.05, 3.63) is 102 Å². The van der Waals surface area contributed by atoms with Gasteiger partial charge >= 0.3 is 0 Å². The fourth-order valence-corrected chi connectivity index (χ4v) is 2.89. The molecule has 3 aromatic carbocycles. The number of aromatic nitrogens is 2. The van der Waals surface area contributed by atoms with E-state index >= 15 is 0 Å². The van der Waals surface area contributed by atoms with Gasteiger partial charge in [0.05, 0.1) is 11.0 Å². The van der Waals surface area contributed by atoms with Crippen molar-refractivity contribution in [2.24, 2.45) is 0 Å². The number of benzene rings is 3. The maximum atomic E-state index is 12.9. The molecule has 0 fully saturated rings. The van der Waals surface area contributed by atoms with Gasteiger partial charge in [0.15, 0.2) is 5.82 Å². The number of hydrogen-bond donors (Lipinski definition) is 0. The van der Waals surface area contributed by atoms with Crippen molar-refractivity contribution in [1.82, 2.24) is 9.55 Å². The van der Waals surface area contributed by atoms with Crippen LogP contribution in [0.15, 0.2) is 84.9 Å². The van der Waals surface area contributed by atoms with Gasteiger partial charge in [0.2, 0.25) is 5.78 Å². The van der Waals surface area contributed by atoms with Crippen LogP contribution in [-0.4, -0.2) is 15.3 Å². The van der Waals surface area contributed by atoms with E-state index in [2.05, 4.69) is 17.1 Å². The molecule has 0 saturated carbocycles. The van der Waals surface area contributed by atoms with Crippen LogP contribution in [0.25, 0.3) is 11.0 Å². The van der Waals surface area contributed by atoms with Crippen molar-refractivity contribution in [2.45, 2.75) is 6.54 Å². The monoisotopic (exact) mass is 312 g/mol. The smallest absolute Gasteiger partial charge is 0.228 e. The molecule has 0 radical (unpaired) electrons. The minimum atomic E-state index is -0.0530. The van der Waals surface area contributed by atoms with Gasteiger partial charge in [0, 0.05) is 12.1 Å². The first-order chi connectivity index (χ1) is 11.8. The second kappa shape index (κ2) is 6.13. The van der Waals surface area contributed by atoms with E-state index in [9.17, 15) is 4.79 Å². The molecule has 116 valence electrons. The highest BCUT2D eigenvalue weighted by Crippen LogP contribution is 2.20. The topological polar surface area (TPSA) is 34.9 Å². The van der Waals surface area contributed by atoms with E-state index in [1.54, 1.807) is 0 Å². The van der Waals surface area contributed by atoms with Crippen LogP contribution in [-0.2, 0) is 6.54 Å². The molecule has 0 spiro atoms. The fraction of sp³-hybridized carbons (Fsp3) is 0.0476. The minimum Gasteiger partial charge on any atom is -0.317 e. The highest BCUT2D eigenvalue weighted by Gasteiger charge is 2.18. The Morgan fingerprint density at radius 3 is 2.17 bits per heavy atom. The maximum absolute atomic E-state index is 12.9. The van der Waals surface area contributed by atoms with E-state index in [-0.39, 0.29) is 5.78 Å². The van der Waals surface area contributed by atoms with Gasteiger partial charge in [-0.05, 0) is 17.7 Å². The second-order valence-corrected chi connectivity index (χ2v) is 5.69. The van der Waals surface area contributed by atoms with Crippen LogP contribution in [0.3, 0.4) is 0 Å². The molecule has 4 rings (SSSR count). The lowest BCUT2D eigenvalue weighted by molar-refractivity contribution is 0.102. The third-order valence-electron chi connectivity index (χ3n) is 4.08. The van der Waals surface area contributed by atoms with Gasteiger partial charge in [-0.15, -0.1) is 0 Å². The van der Waals surface area contributed by atoms with Gasteiger partial charge in [-0.2, -0.15) is 0 Å². The third-order valence-corrected chi connectivity index (χ3v) is 4.08. The first kappa shape index (κ1) is 14.4. The number of imidazole rings is 1. The number of nitrogens with zero attached hydrogens (tertiary/aromatic N) is 2. The van der Waals surface area contributed by atoms with Crippen molar-refractivity contribution in [3.8, 4) is 0 Å². The summed E-state index contributed by atoms with van der Waals surface area (Å²) in [6, 6.07) is 27.3. The van der Waals surface area contributed by atoms with Gasteiger partial charge in [0.1, 0.15) is 0 Å². The first-order valence-electron chi connectivity index (χ1n) is 7.92. The van der Waals surface area contributed by atoms with Crippen LogP contribution >= 0.6 is 0 Å². The average molecular weight is 312 g/mol. The first-order valence-corrected chi connectivity index (χ1v) is 7.92. The molecule has 1 heterocycles. The van der Waals surface area contributed by atoms with E-state index in [0.29, 0.717) is 17.9 Å². The Morgan fingerprint density at radius 2 is 1.42 bits per heavy atom. The quantitative estimate of drug-likeness (QED) is 0.526. The second-order valence-electron chi connectivity index (χ2n) is 5.69. The molecule has 0 amide bonds. The molecule has 0 unspecified atom stereocenters. The van der Waals surface area contributed by atoms with Gasteiger partial charge < -0.3 is 4.57 Å². The van der Waals surface area contributed by atoms with Crippen LogP contribution in [0.2, 0.25) is 0 Å². The average Bonchev–Trinajstić information content (AvgIpc) is 3.01. The summed E-state index contributed by atoms with van der Waals surface area (Å²) < 4.78 is 2.00. The van der Waals surface area contributed by atoms with Crippen molar-refractivity contribution in [1.29, 1.82) is 0 Å². The summed E-state index contributed by atoms with van der Waals surface area (Å²) in [4.78, 5) is 17.5. The Kier molecular flexibility index (Phi) is 3.67. The summed E-state index contributed by atoms with van der Waals surface area (Å²) in [5.74, 6) is 0.425. The number of para-hydroxylation sites is 2. The number of carbonyl (C=O) groups excluding carboxylic acids is 1. The molecule has 0 aliphatic heterocycles. The lowest BCUT2D eigenvalue weighted by Crippen LogP contribution is -2.12. The molecule has 0 N–H and O–H groups in total. The Labute approximate surface area is 140 Å². The highest BCUT2D eigenvalue weighted by molar-refractivity contribution is 6.08. The molecule has 24 heavy (non-hydrogen) atoms. The minimum absolute atomic E-state index is 0.0530. The number of ketones is 1. The normalized spacial score (nSPS) is 10.8. The molecular formula is C21H16N2O. The molecule has 0 bridgehead atoms. The summed E-state index contributed by atoms with van der Waals surface area (Å²) in [6.45, 7) is 0.620. The van der Waals surface area contributed by atoms with Crippen LogP contribution in [0, 0.1) is 0 Å². The van der Waals surface area contributed by atoms with Crippen LogP contribution in [0.4, 0.5) is 0 Å². The summed E-state index contributed by atoms with van der Waals surface area (Å²) >= 11 is 0. The number of fused-ring (bicyclic) bond motifs is 1. The zero-order chi connectivity index (χ0) is 16.4. The standard InChI is InChI=1S/C21H16N2O/c24-20(17-11-5-2-6-12-17)21-22-18-13-7-8-14-19(18)23(21)15-16-9-3-1-4-10-16/h1-14H,15H2. The van der Waals surface area contributed by atoms with Crippen molar-refractivity contribution >= 4 is 16.8 Å². The Bertz CT molecular complexity index is 988. The van der Waals surface area contributed by atoms with Gasteiger partial charge in [0.25, 0.3) is 0 Å². The molecule has 0 atom stereocenters. The van der Waals surface area contributed by atoms with E-state index < -0.39 is 0 Å². The van der Waals surface area contributed by atoms with Crippen molar-refractivity contribution in [3.63, 3.8) is 0 Å². The molecule has 3 heteroatoms. The van der Waals surface area contributed by atoms with E-state index in [1.807, 2.05) is 77.4 Å². The van der Waals surface area contributed by atoms with Crippen molar-refractivity contribution < 1.29 is 4.79 Å². The molecule has 0 saturated heterocycles. The highest BCUT2D eigenvalue weighted by atomic mass is 16.1. The zero-order valence-corrected chi connectivity index (χ0v) is 13.1. The third kappa shape index (κ3) is 2.61. The summed E-state index contributed by atoms with van der Waals surface area (Å²) in [5.41, 5.74) is 3.61. The SMILES string of the molecule is O=C(c1ccccc1)c1nc2ccccc2n1Cc1ccccc1. The predicted octanol–water partition coefficient (Wildman–Crippen LogP) is 4.32. The summed E-state index contributed by atoms with van der Waals surface area (Å²) in [7, 11) is 0. The van der Waals surface area contributed by atoms with Crippen LogP contribution in [0.5, 0.6) is 0 Å². The van der Waals surface area contributed by atoms with Gasteiger partial charge in [-0.3, -0.25) is 4.79 Å². The van der Waals surface area contributed by atoms with Crippen LogP contribution in [0.1, 0.15) is 21.7 Å². The fourth-order valence-electron chi connectivity index (χ4n) is 2.89. The number of rotatable bonds is 4. The van der Waals surface area contributed by atoms with E-state index in [1.165, 1.54) is 0 Å². The Balaban J connectivity index is 1.85. The molecule has 1 aromatic heterocycles. The summed E-state index contributed by atoms with van der Waals surface area (Å²) in [6.07, 6.45) is 0. The Hall–Kier alpha value is -3.20. The number of carbonyl (C=O) groups is 1. The maximum Gasteiger partial charge on any atom is 0.228 e. The molecule has 4 aromatic rings. The number of hydrogen-bond acceptors (Lipinski definition) is 2. The molecular weight excluding hydrogens is 296 g/mol. The van der Waals surface area contributed by atoms with Crippen molar-refractivity contribution in [2.75, 3.05) is 0 Å². The zero-order valence-electron chi connectivity index (χ0n) is 13.1.